The average molecular weight is 360 g/mol. The zero-order valence-corrected chi connectivity index (χ0v) is 13.5. The normalized spacial score (nSPS) is 19.4. The van der Waals surface area contributed by atoms with E-state index in [2.05, 4.69) is 10.1 Å². The van der Waals surface area contributed by atoms with E-state index in [1.165, 1.54) is 24.3 Å². The summed E-state index contributed by atoms with van der Waals surface area (Å²) in [4.78, 5) is 24.8. The van der Waals surface area contributed by atoms with E-state index in [0.29, 0.717) is 18.5 Å². The smallest absolute Gasteiger partial charge is 0.480 e. The summed E-state index contributed by atoms with van der Waals surface area (Å²) < 4.78 is 40.2. The van der Waals surface area contributed by atoms with E-state index in [9.17, 15) is 22.8 Å². The number of carbonyl (C=O) groups is 2. The number of aliphatic carboxylic acids is 1. The van der Waals surface area contributed by atoms with Gasteiger partial charge in [0.25, 0.3) is 0 Å². The van der Waals surface area contributed by atoms with Crippen LogP contribution in [0.4, 0.5) is 13.2 Å². The second kappa shape index (κ2) is 7.73. The quantitative estimate of drug-likeness (QED) is 0.814. The molecule has 1 aliphatic rings. The van der Waals surface area contributed by atoms with Gasteiger partial charge >= 0.3 is 12.3 Å². The summed E-state index contributed by atoms with van der Waals surface area (Å²) in [5.74, 6) is -1.62. The predicted molar refractivity (Wildman–Crippen MR) is 81.9 cm³/mol. The fraction of sp³-hybridized carbons (Fsp3) is 0.500. The van der Waals surface area contributed by atoms with Crippen LogP contribution in [0.3, 0.4) is 0 Å². The molecule has 0 aliphatic carbocycles. The molecule has 25 heavy (non-hydrogen) atoms. The zero-order chi connectivity index (χ0) is 18.6. The number of likely N-dealkylation sites (tertiary alicyclic amines) is 1. The summed E-state index contributed by atoms with van der Waals surface area (Å²) in [6, 6.07) is 4.13. The summed E-state index contributed by atoms with van der Waals surface area (Å²) in [5, 5.41) is 11.8. The highest BCUT2D eigenvalue weighted by Crippen LogP contribution is 2.24. The molecule has 0 aromatic heterocycles. The van der Waals surface area contributed by atoms with Gasteiger partial charge in [-0.3, -0.25) is 14.5 Å². The summed E-state index contributed by atoms with van der Waals surface area (Å²) in [6.07, 6.45) is -3.52. The van der Waals surface area contributed by atoms with Crippen LogP contribution in [-0.4, -0.2) is 47.4 Å². The van der Waals surface area contributed by atoms with Gasteiger partial charge in [-0.2, -0.15) is 0 Å². The van der Waals surface area contributed by atoms with Crippen LogP contribution in [0.1, 0.15) is 31.4 Å². The fourth-order valence-electron chi connectivity index (χ4n) is 2.81. The molecule has 1 aliphatic heterocycles. The maximum absolute atomic E-state index is 12.1. The Morgan fingerprint density at radius 3 is 2.56 bits per heavy atom. The van der Waals surface area contributed by atoms with Crippen LogP contribution >= 0.6 is 0 Å². The first-order valence-corrected chi connectivity index (χ1v) is 7.77. The number of nitrogens with one attached hydrogen (secondary N) is 1. The lowest BCUT2D eigenvalue weighted by molar-refractivity contribution is -0.274. The molecule has 1 heterocycles. The number of carboxylic acids is 1. The number of carboxylic acid groups (broad SMARTS) is 1. The van der Waals surface area contributed by atoms with Crippen LogP contribution in [-0.2, 0) is 9.59 Å². The van der Waals surface area contributed by atoms with Crippen molar-refractivity contribution < 1.29 is 32.6 Å². The molecule has 6 nitrogen and oxygen atoms in total. The minimum absolute atomic E-state index is 0.0312. The molecule has 2 rings (SSSR count). The van der Waals surface area contributed by atoms with E-state index in [0.717, 1.165) is 6.42 Å². The van der Waals surface area contributed by atoms with Crippen LogP contribution in [0, 0.1) is 0 Å². The number of amides is 1. The first-order chi connectivity index (χ1) is 11.7. The molecule has 2 unspecified atom stereocenters. The highest BCUT2D eigenvalue weighted by molar-refractivity contribution is 5.80. The van der Waals surface area contributed by atoms with Crippen LogP contribution in [0.5, 0.6) is 5.75 Å². The van der Waals surface area contributed by atoms with Gasteiger partial charge in [0.2, 0.25) is 5.91 Å². The van der Waals surface area contributed by atoms with Gasteiger partial charge in [-0.1, -0.05) is 12.1 Å². The van der Waals surface area contributed by atoms with E-state index in [1.54, 1.807) is 11.8 Å². The number of alkyl halides is 3. The minimum Gasteiger partial charge on any atom is -0.480 e. The fourth-order valence-corrected chi connectivity index (χ4v) is 2.81. The molecular weight excluding hydrogens is 341 g/mol. The average Bonchev–Trinajstić information content (AvgIpc) is 2.94. The first kappa shape index (κ1) is 19.0. The Kier molecular flexibility index (Phi) is 5.89. The Bertz CT molecular complexity index is 619. The summed E-state index contributed by atoms with van der Waals surface area (Å²) in [7, 11) is 0. The largest absolute Gasteiger partial charge is 0.573 e. The van der Waals surface area contributed by atoms with E-state index in [1.807, 2.05) is 0 Å². The molecule has 1 fully saturated rings. The van der Waals surface area contributed by atoms with Gasteiger partial charge in [0.15, 0.2) is 0 Å². The third-order valence-corrected chi connectivity index (χ3v) is 3.99. The van der Waals surface area contributed by atoms with Gasteiger partial charge in [-0.25, -0.2) is 0 Å². The standard InChI is InChI=1S/C16H19F3N2O4/c1-10(11-4-6-12(7-5-11)25-16(17,18)19)20-14(22)9-21-8-2-3-13(21)15(23)24/h4-7,10,13H,2-3,8-9H2,1H3,(H,20,22)(H,23,24). The molecular formula is C16H19F3N2O4. The third kappa shape index (κ3) is 5.63. The molecule has 9 heteroatoms. The lowest BCUT2D eigenvalue weighted by Gasteiger charge is -2.22. The van der Waals surface area contributed by atoms with Gasteiger partial charge in [0.05, 0.1) is 12.6 Å². The number of rotatable bonds is 6. The number of ether oxygens (including phenoxy) is 1. The lowest BCUT2D eigenvalue weighted by atomic mass is 10.1. The predicted octanol–water partition coefficient (Wildman–Crippen LogP) is 2.31. The molecule has 2 atom stereocenters. The van der Waals surface area contributed by atoms with Gasteiger partial charge in [-0.05, 0) is 44.0 Å². The SMILES string of the molecule is CC(NC(=O)CN1CCCC1C(=O)O)c1ccc(OC(F)(F)F)cc1. The third-order valence-electron chi connectivity index (χ3n) is 3.99. The van der Waals surface area contributed by atoms with Crippen molar-refractivity contribution in [2.75, 3.05) is 13.1 Å². The van der Waals surface area contributed by atoms with E-state index < -0.39 is 24.4 Å². The number of halogens is 3. The van der Waals surface area contributed by atoms with Crippen molar-refractivity contribution >= 4 is 11.9 Å². The second-order valence-corrected chi connectivity index (χ2v) is 5.87. The van der Waals surface area contributed by atoms with Crippen molar-refractivity contribution in [1.29, 1.82) is 0 Å². The van der Waals surface area contributed by atoms with Crippen LogP contribution in [0.2, 0.25) is 0 Å². The molecule has 0 saturated carbocycles. The van der Waals surface area contributed by atoms with Crippen molar-refractivity contribution in [2.24, 2.45) is 0 Å². The van der Waals surface area contributed by atoms with Crippen molar-refractivity contribution in [3.63, 3.8) is 0 Å². The van der Waals surface area contributed by atoms with Gasteiger partial charge in [0.1, 0.15) is 11.8 Å². The summed E-state index contributed by atoms with van der Waals surface area (Å²) in [6.45, 7) is 2.20. The Hall–Kier alpha value is -2.29. The molecule has 0 spiro atoms. The number of benzene rings is 1. The second-order valence-electron chi connectivity index (χ2n) is 5.87. The highest BCUT2D eigenvalue weighted by atomic mass is 19.4. The minimum atomic E-state index is -4.75. The molecule has 0 bridgehead atoms. The molecule has 2 N–H and O–H groups in total. The van der Waals surface area contributed by atoms with Crippen molar-refractivity contribution in [2.45, 2.75) is 38.2 Å². The monoisotopic (exact) mass is 360 g/mol. The number of carbonyl (C=O) groups excluding carboxylic acids is 1. The van der Waals surface area contributed by atoms with E-state index in [4.69, 9.17) is 5.11 Å². The Labute approximate surface area is 142 Å². The van der Waals surface area contributed by atoms with Crippen molar-refractivity contribution in [1.82, 2.24) is 10.2 Å². The number of hydrogen-bond donors (Lipinski definition) is 2. The Morgan fingerprint density at radius 2 is 2.00 bits per heavy atom. The number of hydrogen-bond acceptors (Lipinski definition) is 4. The van der Waals surface area contributed by atoms with Gasteiger partial charge in [0, 0.05) is 0 Å². The van der Waals surface area contributed by atoms with Crippen LogP contribution in [0.15, 0.2) is 24.3 Å². The van der Waals surface area contributed by atoms with E-state index in [-0.39, 0.29) is 18.2 Å². The lowest BCUT2D eigenvalue weighted by Crippen LogP contribution is -2.43. The maximum Gasteiger partial charge on any atom is 0.573 e. The van der Waals surface area contributed by atoms with Gasteiger partial charge < -0.3 is 15.2 Å². The first-order valence-electron chi connectivity index (χ1n) is 7.77. The molecule has 1 aromatic carbocycles. The highest BCUT2D eigenvalue weighted by Gasteiger charge is 2.32. The molecule has 138 valence electrons. The maximum atomic E-state index is 12.1. The van der Waals surface area contributed by atoms with E-state index >= 15 is 0 Å². The Morgan fingerprint density at radius 1 is 1.36 bits per heavy atom. The van der Waals surface area contributed by atoms with Crippen LogP contribution in [0.25, 0.3) is 0 Å². The van der Waals surface area contributed by atoms with Crippen molar-refractivity contribution in [3.05, 3.63) is 29.8 Å². The molecule has 1 amide bonds. The molecule has 0 radical (unpaired) electrons. The summed E-state index contributed by atoms with van der Waals surface area (Å²) in [5.41, 5.74) is 0.610. The Balaban J connectivity index is 1.89. The molecule has 1 aromatic rings. The topological polar surface area (TPSA) is 78.9 Å². The summed E-state index contributed by atoms with van der Waals surface area (Å²) >= 11 is 0. The zero-order valence-electron chi connectivity index (χ0n) is 13.5. The van der Waals surface area contributed by atoms with Crippen molar-refractivity contribution in [3.8, 4) is 5.75 Å². The molecule has 1 saturated heterocycles. The van der Waals surface area contributed by atoms with Gasteiger partial charge in [-0.15, -0.1) is 13.2 Å². The number of nitrogens with zero attached hydrogens (tertiary/aromatic N) is 1. The van der Waals surface area contributed by atoms with Crippen LogP contribution < -0.4 is 10.1 Å².